The number of nitrogens with one attached hydrogen (secondary N) is 3. The van der Waals surface area contributed by atoms with Gasteiger partial charge in [-0.15, -0.1) is 0 Å². The lowest BCUT2D eigenvalue weighted by molar-refractivity contribution is -0.142. The first-order chi connectivity index (χ1) is 18.6. The van der Waals surface area contributed by atoms with Gasteiger partial charge in [0.2, 0.25) is 17.7 Å². The molecule has 0 bridgehead atoms. The highest BCUT2D eigenvalue weighted by Gasteiger charge is 2.29. The highest BCUT2D eigenvalue weighted by molar-refractivity contribution is 5.94. The van der Waals surface area contributed by atoms with Gasteiger partial charge in [0.15, 0.2) is 5.96 Å². The molecule has 10 N–H and O–H groups in total. The maximum absolute atomic E-state index is 13.2. The van der Waals surface area contributed by atoms with E-state index in [1.54, 1.807) is 48.5 Å². The number of rotatable bonds is 15. The highest BCUT2D eigenvalue weighted by Crippen LogP contribution is 2.07. The molecule has 0 aliphatic heterocycles. The average Bonchev–Trinajstić information content (AvgIpc) is 2.91. The first-order valence-corrected chi connectivity index (χ1v) is 12.6. The van der Waals surface area contributed by atoms with Crippen LogP contribution in [0, 0.1) is 0 Å². The van der Waals surface area contributed by atoms with E-state index in [0.717, 1.165) is 11.1 Å². The summed E-state index contributed by atoms with van der Waals surface area (Å²) in [6.45, 7) is 1.78. The van der Waals surface area contributed by atoms with Crippen LogP contribution < -0.4 is 33.2 Å². The Balaban J connectivity index is 2.06. The minimum atomic E-state index is -1.20. The second kappa shape index (κ2) is 15.7. The van der Waals surface area contributed by atoms with E-state index in [-0.39, 0.29) is 18.8 Å². The topological polar surface area (TPSA) is 215 Å². The molecule has 12 heteroatoms. The number of nitrogens with zero attached hydrogens (tertiary/aromatic N) is 1. The van der Waals surface area contributed by atoms with Gasteiger partial charge in [0.05, 0.1) is 6.04 Å². The normalized spacial score (nSPS) is 13.7. The molecule has 0 radical (unpaired) electrons. The van der Waals surface area contributed by atoms with Gasteiger partial charge in [-0.1, -0.05) is 60.7 Å². The zero-order valence-electron chi connectivity index (χ0n) is 21.9. The molecule has 3 amide bonds. The molecular weight excluding hydrogens is 502 g/mol. The van der Waals surface area contributed by atoms with Gasteiger partial charge in [-0.2, -0.15) is 0 Å². The molecule has 2 rings (SSSR count). The number of aliphatic imine (C=N–C) groups is 1. The summed E-state index contributed by atoms with van der Waals surface area (Å²) in [6, 6.07) is 13.7. The van der Waals surface area contributed by atoms with Crippen molar-refractivity contribution in [2.75, 3.05) is 6.54 Å². The lowest BCUT2D eigenvalue weighted by Crippen LogP contribution is -2.57. The molecule has 0 aromatic heterocycles. The molecule has 12 nitrogen and oxygen atoms in total. The summed E-state index contributed by atoms with van der Waals surface area (Å²) >= 11 is 0. The number of nitrogens with two attached hydrogens (primary N) is 3. The number of carboxylic acid groups (broad SMARTS) is 1. The van der Waals surface area contributed by atoms with E-state index in [1.165, 1.54) is 6.92 Å². The Morgan fingerprint density at radius 1 is 0.795 bits per heavy atom. The van der Waals surface area contributed by atoms with Crippen LogP contribution in [0.25, 0.3) is 0 Å². The molecule has 0 unspecified atom stereocenters. The number of carbonyl (C=O) groups excluding carboxylic acids is 3. The highest BCUT2D eigenvalue weighted by atomic mass is 16.4. The third kappa shape index (κ3) is 11.2. The molecule has 210 valence electrons. The minimum absolute atomic E-state index is 0.0536. The first kappa shape index (κ1) is 30.8. The molecule has 39 heavy (non-hydrogen) atoms. The number of guanidine groups is 1. The molecular formula is C27H37N7O5. The number of amides is 3. The minimum Gasteiger partial charge on any atom is -0.480 e. The van der Waals surface area contributed by atoms with Crippen molar-refractivity contribution in [3.63, 3.8) is 0 Å². The monoisotopic (exact) mass is 539 g/mol. The van der Waals surface area contributed by atoms with Crippen molar-refractivity contribution in [3.8, 4) is 0 Å². The van der Waals surface area contributed by atoms with Crippen LogP contribution in [0.15, 0.2) is 65.7 Å². The quantitative estimate of drug-likeness (QED) is 0.0880. The number of aliphatic carboxylic acids is 1. The Labute approximate surface area is 227 Å². The third-order valence-corrected chi connectivity index (χ3v) is 5.87. The van der Waals surface area contributed by atoms with Crippen LogP contribution in [0.4, 0.5) is 0 Å². The summed E-state index contributed by atoms with van der Waals surface area (Å²) in [6.07, 6.45) is 0.955. The first-order valence-electron chi connectivity index (χ1n) is 12.6. The summed E-state index contributed by atoms with van der Waals surface area (Å²) in [4.78, 5) is 54.3. The SMILES string of the molecule is C[C@@H](NC(=O)[C@@H](N)CCCN=C(N)N)C(=O)N[C@@H](Cc1ccccc1)C(=O)N[C@@H](Cc1ccccc1)C(=O)O. The van der Waals surface area contributed by atoms with E-state index in [4.69, 9.17) is 17.2 Å². The molecule has 0 fully saturated rings. The average molecular weight is 540 g/mol. The number of carboxylic acids is 1. The van der Waals surface area contributed by atoms with Crippen molar-refractivity contribution >= 4 is 29.7 Å². The van der Waals surface area contributed by atoms with Crippen molar-refractivity contribution < 1.29 is 24.3 Å². The Bertz CT molecular complexity index is 1120. The molecule has 0 aliphatic carbocycles. The van der Waals surface area contributed by atoms with Gasteiger partial charge in [-0.3, -0.25) is 19.4 Å². The lowest BCUT2D eigenvalue weighted by atomic mass is 10.0. The van der Waals surface area contributed by atoms with Crippen molar-refractivity contribution in [2.24, 2.45) is 22.2 Å². The zero-order valence-corrected chi connectivity index (χ0v) is 21.9. The van der Waals surface area contributed by atoms with Crippen LogP contribution in [0.3, 0.4) is 0 Å². The predicted molar refractivity (Wildman–Crippen MR) is 147 cm³/mol. The van der Waals surface area contributed by atoms with Gasteiger partial charge >= 0.3 is 5.97 Å². The van der Waals surface area contributed by atoms with E-state index in [1.807, 2.05) is 12.1 Å². The second-order valence-corrected chi connectivity index (χ2v) is 9.13. The number of carbonyl (C=O) groups is 4. The van der Waals surface area contributed by atoms with Crippen LogP contribution >= 0.6 is 0 Å². The molecule has 4 atom stereocenters. The van der Waals surface area contributed by atoms with E-state index in [2.05, 4.69) is 20.9 Å². The largest absolute Gasteiger partial charge is 0.480 e. The second-order valence-electron chi connectivity index (χ2n) is 9.13. The predicted octanol–water partition coefficient (Wildman–Crippen LogP) is -0.588. The van der Waals surface area contributed by atoms with Crippen LogP contribution in [-0.2, 0) is 32.0 Å². The Morgan fingerprint density at radius 2 is 1.31 bits per heavy atom. The molecule has 0 saturated heterocycles. The molecule has 0 saturated carbocycles. The van der Waals surface area contributed by atoms with Crippen LogP contribution in [0.2, 0.25) is 0 Å². The molecule has 2 aromatic carbocycles. The zero-order chi connectivity index (χ0) is 28.8. The lowest BCUT2D eigenvalue weighted by Gasteiger charge is -2.24. The van der Waals surface area contributed by atoms with Crippen LogP contribution in [0.1, 0.15) is 30.9 Å². The van der Waals surface area contributed by atoms with Crippen molar-refractivity contribution in [1.82, 2.24) is 16.0 Å². The van der Waals surface area contributed by atoms with Gasteiger partial charge in [0.1, 0.15) is 18.1 Å². The third-order valence-electron chi connectivity index (χ3n) is 5.87. The number of benzene rings is 2. The number of hydrogen-bond donors (Lipinski definition) is 7. The summed E-state index contributed by atoms with van der Waals surface area (Å²) in [5, 5.41) is 17.4. The van der Waals surface area contributed by atoms with Gasteiger partial charge in [-0.05, 0) is 30.9 Å². The summed E-state index contributed by atoms with van der Waals surface area (Å²) in [5.74, 6) is -3.08. The standard InChI is InChI=1S/C27H37N7O5/c1-17(32-24(36)20(28)13-8-14-31-27(29)30)23(35)33-21(15-18-9-4-2-5-10-18)25(37)34-22(26(38)39)16-19-11-6-3-7-12-19/h2-7,9-12,17,20-22H,8,13-16,28H2,1H3,(H,32,36)(H,33,35)(H,34,37)(H,38,39)(H4,29,30,31)/t17-,20+,21+,22+/m1/s1. The van der Waals surface area contributed by atoms with Crippen LogP contribution in [-0.4, -0.2) is 65.5 Å². The fraction of sp³-hybridized carbons (Fsp3) is 0.370. The number of hydrogen-bond acceptors (Lipinski definition) is 6. The maximum atomic E-state index is 13.2. The van der Waals surface area contributed by atoms with Gasteiger partial charge in [0, 0.05) is 19.4 Å². The Morgan fingerprint density at radius 3 is 1.82 bits per heavy atom. The summed E-state index contributed by atoms with van der Waals surface area (Å²) in [7, 11) is 0. The fourth-order valence-electron chi connectivity index (χ4n) is 3.71. The molecule has 2 aromatic rings. The van der Waals surface area contributed by atoms with Gasteiger partial charge in [0.25, 0.3) is 0 Å². The van der Waals surface area contributed by atoms with Crippen molar-refractivity contribution in [2.45, 2.75) is 56.8 Å². The van der Waals surface area contributed by atoms with E-state index in [0.29, 0.717) is 19.4 Å². The molecule has 0 heterocycles. The summed E-state index contributed by atoms with van der Waals surface area (Å²) in [5.41, 5.74) is 17.9. The summed E-state index contributed by atoms with van der Waals surface area (Å²) < 4.78 is 0. The molecule has 0 spiro atoms. The maximum Gasteiger partial charge on any atom is 0.326 e. The van der Waals surface area contributed by atoms with Crippen molar-refractivity contribution in [3.05, 3.63) is 71.8 Å². The smallest absolute Gasteiger partial charge is 0.326 e. The van der Waals surface area contributed by atoms with Crippen molar-refractivity contribution in [1.29, 1.82) is 0 Å². The van der Waals surface area contributed by atoms with Crippen LogP contribution in [0.5, 0.6) is 0 Å². The Kier molecular flexibility index (Phi) is 12.4. The Hall–Kier alpha value is -4.45. The van der Waals surface area contributed by atoms with E-state index >= 15 is 0 Å². The van der Waals surface area contributed by atoms with Gasteiger partial charge in [-0.25, -0.2) is 4.79 Å². The van der Waals surface area contributed by atoms with Gasteiger partial charge < -0.3 is 38.3 Å². The fourth-order valence-corrected chi connectivity index (χ4v) is 3.71. The molecule has 0 aliphatic rings. The van der Waals surface area contributed by atoms with E-state index < -0.39 is 47.9 Å². The van der Waals surface area contributed by atoms with E-state index in [9.17, 15) is 24.3 Å².